The summed E-state index contributed by atoms with van der Waals surface area (Å²) in [5, 5.41) is 0.791. The maximum Gasteiger partial charge on any atom is 0.255 e. The molecule has 0 radical (unpaired) electrons. The average molecular weight is 321 g/mol. The van der Waals surface area contributed by atoms with Gasteiger partial charge in [-0.2, -0.15) is 0 Å². The number of ether oxygens (including phenoxy) is 2. The molecule has 1 saturated heterocycles. The number of epoxide rings is 1. The van der Waals surface area contributed by atoms with Crippen molar-refractivity contribution >= 4 is 16.7 Å². The standard InChI is InChI=1S/C19H15NO4/c1-23-14-7-8-16-13(9-14)10-15(18(22)20-16)19(11-24-19)17(21)12-5-3-2-4-6-12/h2-10H,11H2,1H3,(H,20,22). The lowest BCUT2D eigenvalue weighted by atomic mass is 9.91. The van der Waals surface area contributed by atoms with Crippen molar-refractivity contribution in [3.63, 3.8) is 0 Å². The molecule has 2 heterocycles. The Hall–Kier alpha value is -2.92. The number of Topliss-reactive ketones (excluding diaryl/α,β-unsaturated/α-hetero) is 1. The number of hydrogen-bond acceptors (Lipinski definition) is 4. The molecule has 0 aliphatic carbocycles. The lowest BCUT2D eigenvalue weighted by Gasteiger charge is -2.12. The third-order valence-corrected chi connectivity index (χ3v) is 4.32. The van der Waals surface area contributed by atoms with E-state index in [9.17, 15) is 9.59 Å². The summed E-state index contributed by atoms with van der Waals surface area (Å²) in [5.41, 5.74) is 0.0471. The van der Waals surface area contributed by atoms with Crippen molar-refractivity contribution in [1.82, 2.24) is 4.98 Å². The second-order valence-electron chi connectivity index (χ2n) is 5.78. The fraction of sp³-hybridized carbons (Fsp3) is 0.158. The number of pyridine rings is 1. The second-order valence-corrected chi connectivity index (χ2v) is 5.78. The van der Waals surface area contributed by atoms with E-state index in [4.69, 9.17) is 9.47 Å². The maximum absolute atomic E-state index is 12.8. The van der Waals surface area contributed by atoms with E-state index >= 15 is 0 Å². The Morgan fingerprint density at radius 3 is 2.58 bits per heavy atom. The average Bonchev–Trinajstić information content (AvgIpc) is 3.42. The zero-order valence-corrected chi connectivity index (χ0v) is 13.0. The van der Waals surface area contributed by atoms with Gasteiger partial charge >= 0.3 is 0 Å². The van der Waals surface area contributed by atoms with E-state index in [1.807, 2.05) is 12.1 Å². The third kappa shape index (κ3) is 2.21. The molecular weight excluding hydrogens is 306 g/mol. The molecule has 24 heavy (non-hydrogen) atoms. The minimum Gasteiger partial charge on any atom is -0.497 e. The van der Waals surface area contributed by atoms with E-state index in [1.165, 1.54) is 0 Å². The third-order valence-electron chi connectivity index (χ3n) is 4.32. The van der Waals surface area contributed by atoms with Crippen LogP contribution in [0.4, 0.5) is 0 Å². The van der Waals surface area contributed by atoms with E-state index in [0.29, 0.717) is 22.4 Å². The Labute approximate surface area is 137 Å². The van der Waals surface area contributed by atoms with Gasteiger partial charge in [-0.1, -0.05) is 30.3 Å². The summed E-state index contributed by atoms with van der Waals surface area (Å²) in [6, 6.07) is 16.0. The molecule has 0 amide bonds. The van der Waals surface area contributed by atoms with Gasteiger partial charge in [0, 0.05) is 16.5 Å². The van der Waals surface area contributed by atoms with Gasteiger partial charge < -0.3 is 14.5 Å². The second kappa shape index (κ2) is 5.32. The first-order valence-electron chi connectivity index (χ1n) is 7.59. The zero-order valence-electron chi connectivity index (χ0n) is 13.0. The van der Waals surface area contributed by atoms with E-state index in [1.54, 1.807) is 49.6 Å². The number of H-pyrrole nitrogens is 1. The van der Waals surface area contributed by atoms with Gasteiger partial charge in [0.25, 0.3) is 5.56 Å². The SMILES string of the molecule is COc1ccc2[nH]c(=O)c(C3(C(=O)c4ccccc4)CO3)cc2c1. The maximum atomic E-state index is 12.8. The largest absolute Gasteiger partial charge is 0.497 e. The number of carbonyl (C=O) groups is 1. The van der Waals surface area contributed by atoms with Crippen LogP contribution in [0.25, 0.3) is 10.9 Å². The Morgan fingerprint density at radius 2 is 1.92 bits per heavy atom. The normalized spacial score (nSPS) is 19.2. The van der Waals surface area contributed by atoms with Gasteiger partial charge in [-0.05, 0) is 24.3 Å². The molecule has 1 aliphatic rings. The Bertz CT molecular complexity index is 987. The van der Waals surface area contributed by atoms with Crippen molar-refractivity contribution in [2.24, 2.45) is 0 Å². The fourth-order valence-electron chi connectivity index (χ4n) is 2.92. The van der Waals surface area contributed by atoms with Gasteiger partial charge in [0.1, 0.15) is 5.75 Å². The summed E-state index contributed by atoms with van der Waals surface area (Å²) in [5.74, 6) is 0.483. The Kier molecular flexibility index (Phi) is 3.25. The van der Waals surface area contributed by atoms with Gasteiger partial charge in [-0.15, -0.1) is 0 Å². The first-order valence-corrected chi connectivity index (χ1v) is 7.59. The smallest absolute Gasteiger partial charge is 0.255 e. The molecule has 120 valence electrons. The molecular formula is C19H15NO4. The lowest BCUT2D eigenvalue weighted by molar-refractivity contribution is 0.0869. The molecule has 1 aliphatic heterocycles. The van der Waals surface area contributed by atoms with Crippen molar-refractivity contribution in [3.05, 3.63) is 76.1 Å². The van der Waals surface area contributed by atoms with E-state index in [0.717, 1.165) is 5.39 Å². The van der Waals surface area contributed by atoms with Gasteiger partial charge in [-0.3, -0.25) is 9.59 Å². The number of benzene rings is 2. The molecule has 0 bridgehead atoms. The van der Waals surface area contributed by atoms with Crippen LogP contribution in [-0.2, 0) is 10.3 Å². The highest BCUT2D eigenvalue weighted by atomic mass is 16.6. The van der Waals surface area contributed by atoms with Crippen molar-refractivity contribution in [3.8, 4) is 5.75 Å². The monoisotopic (exact) mass is 321 g/mol. The first kappa shape index (κ1) is 14.7. The molecule has 5 nitrogen and oxygen atoms in total. The van der Waals surface area contributed by atoms with Crippen LogP contribution in [-0.4, -0.2) is 24.5 Å². The van der Waals surface area contributed by atoms with Crippen LogP contribution in [0.1, 0.15) is 15.9 Å². The fourth-order valence-corrected chi connectivity index (χ4v) is 2.92. The number of fused-ring (bicyclic) bond motifs is 1. The molecule has 1 aromatic heterocycles. The lowest BCUT2D eigenvalue weighted by Crippen LogP contribution is -2.30. The summed E-state index contributed by atoms with van der Waals surface area (Å²) < 4.78 is 10.7. The summed E-state index contributed by atoms with van der Waals surface area (Å²) in [7, 11) is 1.58. The van der Waals surface area contributed by atoms with Crippen molar-refractivity contribution in [1.29, 1.82) is 0 Å². The van der Waals surface area contributed by atoms with Crippen LogP contribution in [0.3, 0.4) is 0 Å². The highest BCUT2D eigenvalue weighted by Gasteiger charge is 2.55. The van der Waals surface area contributed by atoms with Crippen LogP contribution >= 0.6 is 0 Å². The highest BCUT2D eigenvalue weighted by Crippen LogP contribution is 2.40. The number of aromatic nitrogens is 1. The predicted octanol–water partition coefficient (Wildman–Crippen LogP) is 2.65. The van der Waals surface area contributed by atoms with Crippen LogP contribution in [0, 0.1) is 0 Å². The number of aromatic amines is 1. The minimum absolute atomic E-state index is 0.198. The van der Waals surface area contributed by atoms with Crippen LogP contribution in [0.5, 0.6) is 5.75 Å². The predicted molar refractivity (Wildman–Crippen MR) is 89.5 cm³/mol. The summed E-state index contributed by atoms with van der Waals surface area (Å²) in [6.07, 6.45) is 0. The Balaban J connectivity index is 1.85. The van der Waals surface area contributed by atoms with E-state index < -0.39 is 5.60 Å². The number of carbonyl (C=O) groups excluding carboxylic acids is 1. The minimum atomic E-state index is -1.19. The molecule has 5 heteroatoms. The summed E-state index contributed by atoms with van der Waals surface area (Å²) in [4.78, 5) is 28.1. The topological polar surface area (TPSA) is 71.7 Å². The number of ketones is 1. The van der Waals surface area contributed by atoms with Crippen LogP contribution in [0.2, 0.25) is 0 Å². The van der Waals surface area contributed by atoms with Gasteiger partial charge in [-0.25, -0.2) is 0 Å². The number of methoxy groups -OCH3 is 1. The molecule has 0 saturated carbocycles. The van der Waals surface area contributed by atoms with Crippen molar-refractivity contribution in [2.75, 3.05) is 13.7 Å². The number of rotatable bonds is 4. The number of hydrogen-bond donors (Lipinski definition) is 1. The molecule has 1 atom stereocenters. The summed E-state index contributed by atoms with van der Waals surface area (Å²) in [6.45, 7) is 0.208. The first-order chi connectivity index (χ1) is 11.6. The van der Waals surface area contributed by atoms with Crippen LogP contribution < -0.4 is 10.3 Å². The molecule has 2 aromatic carbocycles. The molecule has 3 aromatic rings. The van der Waals surface area contributed by atoms with Crippen LogP contribution in [0.15, 0.2) is 59.4 Å². The summed E-state index contributed by atoms with van der Waals surface area (Å²) >= 11 is 0. The van der Waals surface area contributed by atoms with E-state index in [2.05, 4.69) is 4.98 Å². The molecule has 1 fully saturated rings. The molecule has 0 spiro atoms. The van der Waals surface area contributed by atoms with E-state index in [-0.39, 0.29) is 17.9 Å². The quantitative estimate of drug-likeness (QED) is 0.592. The molecule has 1 unspecified atom stereocenters. The Morgan fingerprint density at radius 1 is 1.17 bits per heavy atom. The van der Waals surface area contributed by atoms with Gasteiger partial charge in [0.15, 0.2) is 5.60 Å². The van der Waals surface area contributed by atoms with Gasteiger partial charge in [0.05, 0.1) is 19.3 Å². The highest BCUT2D eigenvalue weighted by molar-refractivity contribution is 6.05. The zero-order chi connectivity index (χ0) is 16.7. The van der Waals surface area contributed by atoms with Crippen molar-refractivity contribution < 1.29 is 14.3 Å². The number of nitrogens with one attached hydrogen (secondary N) is 1. The van der Waals surface area contributed by atoms with Gasteiger partial charge in [0.2, 0.25) is 5.78 Å². The molecule has 1 N–H and O–H groups in total. The van der Waals surface area contributed by atoms with Crippen molar-refractivity contribution in [2.45, 2.75) is 5.60 Å². The molecule has 4 rings (SSSR count).